The third-order valence-electron chi connectivity index (χ3n) is 2.54. The molecule has 2 rings (SSSR count). The number of nitrogens with two attached hydrogens (primary N) is 1. The van der Waals surface area contributed by atoms with Gasteiger partial charge in [-0.05, 0) is 30.3 Å². The Kier molecular flexibility index (Phi) is 4.53. The molecule has 0 radical (unpaired) electrons. The van der Waals surface area contributed by atoms with E-state index in [2.05, 4.69) is 4.72 Å². The first kappa shape index (κ1) is 16.2. The predicted octanol–water partition coefficient (Wildman–Crippen LogP) is 4.17. The molecule has 21 heavy (non-hydrogen) atoms. The van der Waals surface area contributed by atoms with Crippen LogP contribution in [0.15, 0.2) is 35.2 Å². The first-order valence-electron chi connectivity index (χ1n) is 5.43. The van der Waals surface area contributed by atoms with E-state index in [1.807, 2.05) is 0 Å². The number of anilines is 2. The average molecular weight is 370 g/mol. The number of halogens is 4. The van der Waals surface area contributed by atoms with Crippen LogP contribution in [0, 0.1) is 5.82 Å². The van der Waals surface area contributed by atoms with Crippen LogP contribution in [0.5, 0.6) is 0 Å². The molecule has 2 aromatic carbocycles. The van der Waals surface area contributed by atoms with Crippen molar-refractivity contribution in [1.82, 2.24) is 0 Å². The van der Waals surface area contributed by atoms with Crippen molar-refractivity contribution in [2.24, 2.45) is 0 Å². The largest absolute Gasteiger partial charge is 0.397 e. The van der Waals surface area contributed by atoms with Crippen LogP contribution in [-0.2, 0) is 10.0 Å². The van der Waals surface area contributed by atoms with E-state index in [0.29, 0.717) is 0 Å². The van der Waals surface area contributed by atoms with E-state index < -0.39 is 25.8 Å². The molecular formula is C12H8Cl3FN2O2S. The summed E-state index contributed by atoms with van der Waals surface area (Å²) in [6.07, 6.45) is 0. The van der Waals surface area contributed by atoms with E-state index >= 15 is 0 Å². The van der Waals surface area contributed by atoms with Gasteiger partial charge in [-0.15, -0.1) is 0 Å². The molecule has 0 amide bonds. The predicted molar refractivity (Wildman–Crippen MR) is 83.1 cm³/mol. The maximum Gasteiger partial charge on any atom is 0.263 e. The maximum absolute atomic E-state index is 13.6. The fraction of sp³-hybridized carbons (Fsp3) is 0. The molecule has 9 heteroatoms. The lowest BCUT2D eigenvalue weighted by Crippen LogP contribution is -2.14. The molecule has 0 aromatic heterocycles. The van der Waals surface area contributed by atoms with Crippen LogP contribution in [0.4, 0.5) is 15.8 Å². The van der Waals surface area contributed by atoms with Crippen molar-refractivity contribution < 1.29 is 12.8 Å². The van der Waals surface area contributed by atoms with Gasteiger partial charge in [-0.3, -0.25) is 4.72 Å². The summed E-state index contributed by atoms with van der Waals surface area (Å²) in [6, 6.07) is 6.39. The summed E-state index contributed by atoms with van der Waals surface area (Å²) >= 11 is 17.0. The van der Waals surface area contributed by atoms with E-state index in [1.54, 1.807) is 0 Å². The summed E-state index contributed by atoms with van der Waals surface area (Å²) < 4.78 is 40.2. The molecule has 0 aliphatic heterocycles. The molecule has 0 saturated heterocycles. The molecule has 0 atom stereocenters. The highest BCUT2D eigenvalue weighted by Crippen LogP contribution is 2.31. The van der Waals surface area contributed by atoms with Crippen molar-refractivity contribution >= 4 is 56.2 Å². The third kappa shape index (κ3) is 3.35. The molecular weight excluding hydrogens is 362 g/mol. The van der Waals surface area contributed by atoms with Gasteiger partial charge in [0.15, 0.2) is 5.82 Å². The van der Waals surface area contributed by atoms with Gasteiger partial charge in [-0.25, -0.2) is 12.8 Å². The van der Waals surface area contributed by atoms with Crippen LogP contribution in [-0.4, -0.2) is 8.42 Å². The van der Waals surface area contributed by atoms with E-state index in [1.165, 1.54) is 18.2 Å². The van der Waals surface area contributed by atoms with Crippen molar-refractivity contribution in [1.29, 1.82) is 0 Å². The SMILES string of the molecule is Nc1cc(NS(=O)(=O)c2ccc(Cl)c(F)c2Cl)ccc1Cl. The van der Waals surface area contributed by atoms with Crippen LogP contribution in [0.3, 0.4) is 0 Å². The van der Waals surface area contributed by atoms with Crippen molar-refractivity contribution in [2.45, 2.75) is 4.90 Å². The van der Waals surface area contributed by atoms with Gasteiger partial charge in [0.2, 0.25) is 0 Å². The van der Waals surface area contributed by atoms with Gasteiger partial charge in [0, 0.05) is 0 Å². The Morgan fingerprint density at radius 2 is 1.67 bits per heavy atom. The number of hydrogen-bond donors (Lipinski definition) is 2. The second kappa shape index (κ2) is 5.88. The number of hydrogen-bond acceptors (Lipinski definition) is 3. The molecule has 0 spiro atoms. The first-order chi connectivity index (χ1) is 9.72. The maximum atomic E-state index is 13.6. The zero-order chi connectivity index (χ0) is 15.8. The van der Waals surface area contributed by atoms with Crippen LogP contribution in [0.25, 0.3) is 0 Å². The zero-order valence-corrected chi connectivity index (χ0v) is 13.3. The van der Waals surface area contributed by atoms with E-state index in [-0.39, 0.29) is 21.4 Å². The van der Waals surface area contributed by atoms with Gasteiger partial charge in [0.05, 0.1) is 26.4 Å². The van der Waals surface area contributed by atoms with Crippen LogP contribution < -0.4 is 10.5 Å². The van der Waals surface area contributed by atoms with Gasteiger partial charge in [0.25, 0.3) is 10.0 Å². The smallest absolute Gasteiger partial charge is 0.263 e. The fourth-order valence-electron chi connectivity index (χ4n) is 1.53. The molecule has 0 saturated carbocycles. The molecule has 3 N–H and O–H groups in total. The summed E-state index contributed by atoms with van der Waals surface area (Å²) in [7, 11) is -4.09. The fourth-order valence-corrected chi connectivity index (χ4v) is 3.45. The Labute approximate surface area is 135 Å². The van der Waals surface area contributed by atoms with Crippen molar-refractivity contribution in [3.8, 4) is 0 Å². The lowest BCUT2D eigenvalue weighted by Gasteiger charge is -2.11. The third-order valence-corrected chi connectivity index (χ3v) is 5.08. The molecule has 2 aromatic rings. The van der Waals surface area contributed by atoms with E-state index in [4.69, 9.17) is 40.5 Å². The summed E-state index contributed by atoms with van der Waals surface area (Å²) in [5, 5.41) is -0.569. The normalized spacial score (nSPS) is 11.4. The number of benzene rings is 2. The van der Waals surface area contributed by atoms with Gasteiger partial charge in [-0.1, -0.05) is 34.8 Å². The summed E-state index contributed by atoms with van der Waals surface area (Å²) in [6.45, 7) is 0. The Bertz CT molecular complexity index is 812. The topological polar surface area (TPSA) is 72.2 Å². The monoisotopic (exact) mass is 368 g/mol. The standard InChI is InChI=1S/C12H8Cl3FN2O2S/c13-7-2-1-6(5-9(7)17)18-21(19,20)10-4-3-8(14)12(16)11(10)15/h1-5,18H,17H2. The molecule has 0 heterocycles. The van der Waals surface area contributed by atoms with Crippen LogP contribution >= 0.6 is 34.8 Å². The summed E-state index contributed by atoms with van der Waals surface area (Å²) in [5.74, 6) is -1.00. The molecule has 0 fully saturated rings. The highest BCUT2D eigenvalue weighted by Gasteiger charge is 2.22. The zero-order valence-electron chi connectivity index (χ0n) is 10.2. The van der Waals surface area contributed by atoms with Gasteiger partial charge >= 0.3 is 0 Å². The van der Waals surface area contributed by atoms with Gasteiger partial charge < -0.3 is 5.73 Å². The molecule has 112 valence electrons. The van der Waals surface area contributed by atoms with Crippen molar-refractivity contribution in [3.63, 3.8) is 0 Å². The Balaban J connectivity index is 2.43. The second-order valence-electron chi connectivity index (χ2n) is 4.02. The molecule has 0 unspecified atom stereocenters. The van der Waals surface area contributed by atoms with E-state index in [9.17, 15) is 12.8 Å². The number of sulfonamides is 1. The number of nitrogen functional groups attached to an aromatic ring is 1. The highest BCUT2D eigenvalue weighted by molar-refractivity contribution is 7.92. The minimum Gasteiger partial charge on any atom is -0.397 e. The van der Waals surface area contributed by atoms with Crippen LogP contribution in [0.1, 0.15) is 0 Å². The van der Waals surface area contributed by atoms with Gasteiger partial charge in [-0.2, -0.15) is 0 Å². The quantitative estimate of drug-likeness (QED) is 0.630. The van der Waals surface area contributed by atoms with Crippen molar-refractivity contribution in [3.05, 3.63) is 51.2 Å². The van der Waals surface area contributed by atoms with E-state index in [0.717, 1.165) is 12.1 Å². The number of rotatable bonds is 3. The van der Waals surface area contributed by atoms with Gasteiger partial charge in [0.1, 0.15) is 4.90 Å². The molecule has 4 nitrogen and oxygen atoms in total. The minimum atomic E-state index is -4.09. The second-order valence-corrected chi connectivity index (χ2v) is 6.86. The molecule has 0 aliphatic rings. The Hall–Kier alpha value is -1.21. The number of nitrogens with one attached hydrogen (secondary N) is 1. The Morgan fingerprint density at radius 3 is 2.29 bits per heavy atom. The van der Waals surface area contributed by atoms with Crippen molar-refractivity contribution in [2.75, 3.05) is 10.5 Å². The summed E-state index contributed by atoms with van der Waals surface area (Å²) in [5.41, 5.74) is 5.95. The molecule has 0 aliphatic carbocycles. The highest BCUT2D eigenvalue weighted by atomic mass is 35.5. The lowest BCUT2D eigenvalue weighted by molar-refractivity contribution is 0.595. The molecule has 0 bridgehead atoms. The summed E-state index contributed by atoms with van der Waals surface area (Å²) in [4.78, 5) is -0.431. The average Bonchev–Trinajstić information content (AvgIpc) is 2.39. The minimum absolute atomic E-state index is 0.170. The first-order valence-corrected chi connectivity index (χ1v) is 8.05. The Morgan fingerprint density at radius 1 is 1.05 bits per heavy atom. The van der Waals surface area contributed by atoms with Crippen LogP contribution in [0.2, 0.25) is 15.1 Å². The lowest BCUT2D eigenvalue weighted by atomic mass is 10.3.